The van der Waals surface area contributed by atoms with Crippen LogP contribution >= 0.6 is 0 Å². The van der Waals surface area contributed by atoms with Gasteiger partial charge in [0.25, 0.3) is 0 Å². The lowest BCUT2D eigenvalue weighted by molar-refractivity contribution is -0.167. The minimum atomic E-state index is -0.786. The van der Waals surface area contributed by atoms with Crippen LogP contribution in [0.15, 0.2) is 97.2 Å². The van der Waals surface area contributed by atoms with Crippen molar-refractivity contribution in [3.05, 3.63) is 97.2 Å². The third kappa shape index (κ3) is 67.1. The third-order valence-corrected chi connectivity index (χ3v) is 15.3. The number of hydrogen-bond donors (Lipinski definition) is 0. The number of rotatable bonds is 64. The zero-order chi connectivity index (χ0) is 59.2. The summed E-state index contributed by atoms with van der Waals surface area (Å²) in [6.45, 7) is 6.53. The average Bonchev–Trinajstić information content (AvgIpc) is 3.47. The number of allylic oxidation sites excluding steroid dienone is 16. The lowest BCUT2D eigenvalue weighted by Crippen LogP contribution is -2.30. The van der Waals surface area contributed by atoms with Crippen LogP contribution in [0.1, 0.15) is 348 Å². The van der Waals surface area contributed by atoms with E-state index in [9.17, 15) is 14.4 Å². The van der Waals surface area contributed by atoms with Gasteiger partial charge in [0.15, 0.2) is 6.10 Å². The summed E-state index contributed by atoms with van der Waals surface area (Å²) in [5.41, 5.74) is 0. The molecule has 0 N–H and O–H groups in total. The molecule has 0 rings (SSSR count). The van der Waals surface area contributed by atoms with Gasteiger partial charge in [0.05, 0.1) is 0 Å². The Kier molecular flexibility index (Phi) is 66.7. The van der Waals surface area contributed by atoms with Crippen LogP contribution in [0.3, 0.4) is 0 Å². The monoisotopic (exact) mass is 1140 g/mol. The van der Waals surface area contributed by atoms with Gasteiger partial charge in [0.2, 0.25) is 0 Å². The molecule has 0 aliphatic carbocycles. The Labute approximate surface area is 508 Å². The fourth-order valence-corrected chi connectivity index (χ4v) is 10.1. The second kappa shape index (κ2) is 69.8. The Bertz CT molecular complexity index is 1590. The van der Waals surface area contributed by atoms with Crippen LogP contribution in [0.4, 0.5) is 0 Å². The summed E-state index contributed by atoms with van der Waals surface area (Å²) in [6.07, 6.45) is 94.3. The van der Waals surface area contributed by atoms with Crippen molar-refractivity contribution in [3.8, 4) is 0 Å². The lowest BCUT2D eigenvalue weighted by Gasteiger charge is -2.18. The molecule has 0 aromatic carbocycles. The highest BCUT2D eigenvalue weighted by Gasteiger charge is 2.19. The maximum absolute atomic E-state index is 12.9. The average molecular weight is 1140 g/mol. The van der Waals surface area contributed by atoms with Gasteiger partial charge in [-0.15, -0.1) is 0 Å². The Hall–Kier alpha value is -3.67. The Balaban J connectivity index is 4.28. The highest BCUT2D eigenvalue weighted by molar-refractivity contribution is 5.71. The maximum Gasteiger partial charge on any atom is 0.306 e. The Morgan fingerprint density at radius 3 is 0.780 bits per heavy atom. The van der Waals surface area contributed by atoms with Crippen molar-refractivity contribution in [2.45, 2.75) is 354 Å². The molecule has 1 atom stereocenters. The maximum atomic E-state index is 12.9. The third-order valence-electron chi connectivity index (χ3n) is 15.3. The summed E-state index contributed by atoms with van der Waals surface area (Å²) in [5.74, 6) is -0.885. The molecule has 472 valence electrons. The van der Waals surface area contributed by atoms with E-state index >= 15 is 0 Å². The van der Waals surface area contributed by atoms with Crippen LogP contribution in [0.5, 0.6) is 0 Å². The highest BCUT2D eigenvalue weighted by Crippen LogP contribution is 2.18. The van der Waals surface area contributed by atoms with Gasteiger partial charge in [0.1, 0.15) is 13.2 Å². The van der Waals surface area contributed by atoms with Crippen molar-refractivity contribution in [1.82, 2.24) is 0 Å². The second-order valence-corrected chi connectivity index (χ2v) is 23.4. The van der Waals surface area contributed by atoms with E-state index in [1.807, 2.05) is 0 Å². The molecule has 82 heavy (non-hydrogen) atoms. The van der Waals surface area contributed by atoms with Crippen molar-refractivity contribution >= 4 is 17.9 Å². The van der Waals surface area contributed by atoms with Gasteiger partial charge in [-0.3, -0.25) is 14.4 Å². The first-order valence-corrected chi connectivity index (χ1v) is 35.2. The van der Waals surface area contributed by atoms with E-state index in [2.05, 4.69) is 118 Å². The first-order valence-electron chi connectivity index (χ1n) is 35.2. The van der Waals surface area contributed by atoms with E-state index in [0.29, 0.717) is 19.3 Å². The number of hydrogen-bond acceptors (Lipinski definition) is 6. The van der Waals surface area contributed by atoms with Crippen molar-refractivity contribution in [3.63, 3.8) is 0 Å². The Morgan fingerprint density at radius 1 is 0.256 bits per heavy atom. The smallest absolute Gasteiger partial charge is 0.306 e. The van der Waals surface area contributed by atoms with E-state index in [4.69, 9.17) is 14.2 Å². The first-order chi connectivity index (χ1) is 40.5. The van der Waals surface area contributed by atoms with Crippen molar-refractivity contribution in [2.75, 3.05) is 13.2 Å². The summed E-state index contributed by atoms with van der Waals surface area (Å²) in [5, 5.41) is 0. The number of carbonyl (C=O) groups is 3. The second-order valence-electron chi connectivity index (χ2n) is 23.4. The predicted octanol–water partition coefficient (Wildman–Crippen LogP) is 24.4. The zero-order valence-electron chi connectivity index (χ0n) is 54.2. The van der Waals surface area contributed by atoms with Crippen molar-refractivity contribution in [1.29, 1.82) is 0 Å². The molecule has 0 aliphatic heterocycles. The summed E-state index contributed by atoms with van der Waals surface area (Å²) in [6, 6.07) is 0. The SMILES string of the molecule is CC/C=C\C/C=C\C/C=C\C/C=C\C/C=C\C/C=C\C/C=C\CCCCCCCCCC(=O)OCC(COC(=O)CCCCCCC/C=C\CCCCC)OC(=O)CCCCCCCCCCCCCCCCCCCCCCCCC. The van der Waals surface area contributed by atoms with E-state index < -0.39 is 6.10 Å². The van der Waals surface area contributed by atoms with E-state index in [1.54, 1.807) is 0 Å². The largest absolute Gasteiger partial charge is 0.462 e. The minimum Gasteiger partial charge on any atom is -0.462 e. The van der Waals surface area contributed by atoms with Gasteiger partial charge in [-0.1, -0.05) is 323 Å². The molecular formula is C76H132O6. The van der Waals surface area contributed by atoms with Gasteiger partial charge < -0.3 is 14.2 Å². The molecule has 0 bridgehead atoms. The fourth-order valence-electron chi connectivity index (χ4n) is 10.1. The standard InChI is InChI=1S/C76H132O6/c1-4-7-10-13-16-19-22-25-27-29-31-33-35-36-37-38-39-40-42-43-45-47-49-51-54-57-60-63-66-69-75(78)81-72-73(71-80-74(77)68-65-62-59-56-53-24-21-18-15-12-9-6-3)82-76(79)70-67-64-61-58-55-52-50-48-46-44-41-34-32-30-28-26-23-20-17-14-11-8-5-2/h7,10,16,18-19,21,25,27,31,33,36-37,39-40,43,45,73H,4-6,8-9,11-15,17,20,22-24,26,28-30,32,34-35,38,41-42,44,46-72H2,1-3H3/b10-7-,19-16-,21-18-,27-25-,33-31-,37-36-,40-39-,45-43-. The molecule has 0 amide bonds. The summed E-state index contributed by atoms with van der Waals surface area (Å²) >= 11 is 0. The quantitative estimate of drug-likeness (QED) is 0.0261. The molecule has 0 aromatic heterocycles. The molecule has 0 heterocycles. The van der Waals surface area contributed by atoms with Crippen LogP contribution < -0.4 is 0 Å². The molecule has 0 aliphatic rings. The van der Waals surface area contributed by atoms with Gasteiger partial charge >= 0.3 is 17.9 Å². The van der Waals surface area contributed by atoms with E-state index in [-0.39, 0.29) is 31.1 Å². The molecule has 1 unspecified atom stereocenters. The van der Waals surface area contributed by atoms with E-state index in [0.717, 1.165) is 116 Å². The predicted molar refractivity (Wildman–Crippen MR) is 357 cm³/mol. The normalized spacial score (nSPS) is 12.7. The molecular weight excluding hydrogens is 1010 g/mol. The topological polar surface area (TPSA) is 78.9 Å². The first kappa shape index (κ1) is 78.3. The van der Waals surface area contributed by atoms with E-state index in [1.165, 1.54) is 193 Å². The summed E-state index contributed by atoms with van der Waals surface area (Å²) in [4.78, 5) is 38.4. The van der Waals surface area contributed by atoms with Crippen LogP contribution in [-0.2, 0) is 28.6 Å². The zero-order valence-corrected chi connectivity index (χ0v) is 54.2. The van der Waals surface area contributed by atoms with Gasteiger partial charge in [-0.25, -0.2) is 0 Å². The molecule has 6 heteroatoms. The number of ether oxygens (including phenoxy) is 3. The van der Waals surface area contributed by atoms with Gasteiger partial charge in [0, 0.05) is 19.3 Å². The number of unbranched alkanes of at least 4 members (excludes halogenated alkanes) is 37. The minimum absolute atomic E-state index is 0.0822. The molecule has 6 nitrogen and oxygen atoms in total. The van der Waals surface area contributed by atoms with Gasteiger partial charge in [-0.2, -0.15) is 0 Å². The summed E-state index contributed by atoms with van der Waals surface area (Å²) in [7, 11) is 0. The Morgan fingerprint density at radius 2 is 0.476 bits per heavy atom. The number of esters is 3. The summed E-state index contributed by atoms with van der Waals surface area (Å²) < 4.78 is 17.0. The molecule has 0 saturated heterocycles. The van der Waals surface area contributed by atoms with Crippen LogP contribution in [-0.4, -0.2) is 37.2 Å². The van der Waals surface area contributed by atoms with Crippen LogP contribution in [0.25, 0.3) is 0 Å². The van der Waals surface area contributed by atoms with Crippen LogP contribution in [0.2, 0.25) is 0 Å². The lowest BCUT2D eigenvalue weighted by atomic mass is 10.0. The van der Waals surface area contributed by atoms with Crippen molar-refractivity contribution in [2.24, 2.45) is 0 Å². The molecule has 0 saturated carbocycles. The molecule has 0 aromatic rings. The molecule has 0 fully saturated rings. The fraction of sp³-hybridized carbons (Fsp3) is 0.750. The van der Waals surface area contributed by atoms with Crippen molar-refractivity contribution < 1.29 is 28.6 Å². The van der Waals surface area contributed by atoms with Gasteiger partial charge in [-0.05, 0) is 103 Å². The molecule has 0 radical (unpaired) electrons. The van der Waals surface area contributed by atoms with Crippen LogP contribution in [0, 0.1) is 0 Å². The molecule has 0 spiro atoms. The number of carbonyl (C=O) groups excluding carboxylic acids is 3. The highest BCUT2D eigenvalue weighted by atomic mass is 16.6.